The molecular formula is C24H30N2O4S. The van der Waals surface area contributed by atoms with E-state index in [0.29, 0.717) is 31.1 Å². The molecule has 7 heteroatoms. The summed E-state index contributed by atoms with van der Waals surface area (Å²) in [6.45, 7) is 2.03. The molecule has 0 bridgehead atoms. The van der Waals surface area contributed by atoms with Gasteiger partial charge in [0.2, 0.25) is 15.9 Å². The maximum absolute atomic E-state index is 12.8. The Morgan fingerprint density at radius 2 is 1.65 bits per heavy atom. The first-order chi connectivity index (χ1) is 15.0. The molecule has 6 nitrogen and oxygen atoms in total. The van der Waals surface area contributed by atoms with Crippen molar-refractivity contribution in [2.45, 2.75) is 30.6 Å². The second-order valence-electron chi connectivity index (χ2n) is 7.64. The first-order valence-electron chi connectivity index (χ1n) is 10.7. The number of hydrogen-bond acceptors (Lipinski definition) is 4. The molecule has 0 aliphatic carbocycles. The average molecular weight is 443 g/mol. The first kappa shape index (κ1) is 23.0. The number of hydrogen-bond donors (Lipinski definition) is 0. The Kier molecular flexibility index (Phi) is 8.26. The van der Waals surface area contributed by atoms with Gasteiger partial charge in [-0.15, -0.1) is 0 Å². The third-order valence-electron chi connectivity index (χ3n) is 5.32. The summed E-state index contributed by atoms with van der Waals surface area (Å²) in [6.07, 6.45) is 7.16. The van der Waals surface area contributed by atoms with Crippen molar-refractivity contribution in [2.75, 3.05) is 33.3 Å². The molecular weight excluding hydrogens is 412 g/mol. The minimum Gasteiger partial charge on any atom is -0.492 e. The predicted octanol–water partition coefficient (Wildman–Crippen LogP) is 3.80. The molecule has 0 radical (unpaired) electrons. The zero-order valence-corrected chi connectivity index (χ0v) is 18.8. The van der Waals surface area contributed by atoms with Crippen LogP contribution >= 0.6 is 0 Å². The summed E-state index contributed by atoms with van der Waals surface area (Å²) in [5, 5.41) is 0. The Bertz CT molecular complexity index is 964. The van der Waals surface area contributed by atoms with Gasteiger partial charge in [0, 0.05) is 26.2 Å². The van der Waals surface area contributed by atoms with E-state index in [0.717, 1.165) is 37.0 Å². The van der Waals surface area contributed by atoms with Crippen LogP contribution in [0.25, 0.3) is 6.08 Å². The topological polar surface area (TPSA) is 66.9 Å². The van der Waals surface area contributed by atoms with Crippen molar-refractivity contribution >= 4 is 22.0 Å². The van der Waals surface area contributed by atoms with E-state index in [1.165, 1.54) is 6.08 Å². The average Bonchev–Trinajstić information content (AvgIpc) is 3.09. The largest absolute Gasteiger partial charge is 0.492 e. The molecule has 0 saturated carbocycles. The summed E-state index contributed by atoms with van der Waals surface area (Å²) in [6, 6.07) is 16.2. The quantitative estimate of drug-likeness (QED) is 0.583. The second-order valence-corrected chi connectivity index (χ2v) is 9.58. The van der Waals surface area contributed by atoms with E-state index in [2.05, 4.69) is 0 Å². The Morgan fingerprint density at radius 3 is 2.29 bits per heavy atom. The van der Waals surface area contributed by atoms with Crippen LogP contribution < -0.4 is 4.74 Å². The Balaban J connectivity index is 1.52. The van der Waals surface area contributed by atoms with E-state index in [9.17, 15) is 13.2 Å². The summed E-state index contributed by atoms with van der Waals surface area (Å²) >= 11 is 0. The minimum absolute atomic E-state index is 0.141. The number of sulfonamides is 1. The molecule has 1 fully saturated rings. The van der Waals surface area contributed by atoms with Crippen LogP contribution in [0.5, 0.6) is 5.75 Å². The lowest BCUT2D eigenvalue weighted by Gasteiger charge is -2.19. The molecule has 1 aliphatic heterocycles. The van der Waals surface area contributed by atoms with Gasteiger partial charge in [0.25, 0.3) is 0 Å². The van der Waals surface area contributed by atoms with Crippen LogP contribution in [0.3, 0.4) is 0 Å². The molecule has 0 unspecified atom stereocenters. The molecule has 3 rings (SSSR count). The smallest absolute Gasteiger partial charge is 0.246 e. The predicted molar refractivity (Wildman–Crippen MR) is 122 cm³/mol. The van der Waals surface area contributed by atoms with E-state index in [-0.39, 0.29) is 5.91 Å². The summed E-state index contributed by atoms with van der Waals surface area (Å²) in [4.78, 5) is 14.2. The highest BCUT2D eigenvalue weighted by Crippen LogP contribution is 2.21. The van der Waals surface area contributed by atoms with Gasteiger partial charge in [-0.05, 0) is 48.7 Å². The molecule has 0 aromatic heterocycles. The highest BCUT2D eigenvalue weighted by atomic mass is 32.2. The maximum atomic E-state index is 12.8. The van der Waals surface area contributed by atoms with Gasteiger partial charge in [-0.3, -0.25) is 4.79 Å². The van der Waals surface area contributed by atoms with E-state index >= 15 is 0 Å². The standard InChI is InChI=1S/C24H30N2O4S/c1-25(19-20-30-22-9-5-4-6-10-22)24(27)16-13-21-11-14-23(15-12-21)31(28,29)26-17-7-2-3-8-18-26/h4-6,9-16H,2-3,7-8,17-20H2,1H3/b16-13+. The fraction of sp³-hybridized carbons (Fsp3) is 0.375. The van der Waals surface area contributed by atoms with E-state index in [1.807, 2.05) is 30.3 Å². The highest BCUT2D eigenvalue weighted by molar-refractivity contribution is 7.89. The summed E-state index contributed by atoms with van der Waals surface area (Å²) in [7, 11) is -1.74. The molecule has 0 N–H and O–H groups in total. The third kappa shape index (κ3) is 6.67. The van der Waals surface area contributed by atoms with Gasteiger partial charge in [-0.1, -0.05) is 43.2 Å². The van der Waals surface area contributed by atoms with Gasteiger partial charge in [0.05, 0.1) is 11.4 Å². The summed E-state index contributed by atoms with van der Waals surface area (Å²) in [5.41, 5.74) is 0.775. The molecule has 0 spiro atoms. The van der Waals surface area contributed by atoms with Gasteiger partial charge >= 0.3 is 0 Å². The van der Waals surface area contributed by atoms with Gasteiger partial charge in [-0.25, -0.2) is 8.42 Å². The van der Waals surface area contributed by atoms with Gasteiger partial charge in [-0.2, -0.15) is 4.31 Å². The lowest BCUT2D eigenvalue weighted by Crippen LogP contribution is -2.31. The van der Waals surface area contributed by atoms with Crippen molar-refractivity contribution in [2.24, 2.45) is 0 Å². The van der Waals surface area contributed by atoms with Gasteiger partial charge in [0.15, 0.2) is 0 Å². The van der Waals surface area contributed by atoms with Gasteiger partial charge in [0.1, 0.15) is 12.4 Å². The van der Waals surface area contributed by atoms with Crippen LogP contribution in [0.2, 0.25) is 0 Å². The number of para-hydroxylation sites is 1. The van der Waals surface area contributed by atoms with E-state index in [1.54, 1.807) is 46.6 Å². The minimum atomic E-state index is -3.46. The van der Waals surface area contributed by atoms with Crippen LogP contribution in [0.4, 0.5) is 0 Å². The molecule has 1 heterocycles. The number of ether oxygens (including phenoxy) is 1. The SMILES string of the molecule is CN(CCOc1ccccc1)C(=O)/C=C/c1ccc(S(=O)(=O)N2CCCCCC2)cc1. The van der Waals surface area contributed by atoms with Crippen molar-refractivity contribution < 1.29 is 17.9 Å². The first-order valence-corrected chi connectivity index (χ1v) is 12.1. The third-order valence-corrected chi connectivity index (χ3v) is 7.23. The fourth-order valence-electron chi connectivity index (χ4n) is 3.40. The van der Waals surface area contributed by atoms with Crippen molar-refractivity contribution in [3.05, 3.63) is 66.2 Å². The number of carbonyl (C=O) groups is 1. The number of amides is 1. The van der Waals surface area contributed by atoms with E-state index in [4.69, 9.17) is 4.74 Å². The molecule has 166 valence electrons. The van der Waals surface area contributed by atoms with Crippen molar-refractivity contribution in [3.63, 3.8) is 0 Å². The van der Waals surface area contributed by atoms with Crippen molar-refractivity contribution in [1.82, 2.24) is 9.21 Å². The van der Waals surface area contributed by atoms with Crippen LogP contribution in [0, 0.1) is 0 Å². The molecule has 2 aromatic carbocycles. The number of rotatable bonds is 8. The molecule has 31 heavy (non-hydrogen) atoms. The number of benzene rings is 2. The van der Waals surface area contributed by atoms with Crippen LogP contribution in [0.1, 0.15) is 31.2 Å². The molecule has 1 aliphatic rings. The van der Waals surface area contributed by atoms with Crippen molar-refractivity contribution in [3.8, 4) is 5.75 Å². The zero-order valence-electron chi connectivity index (χ0n) is 17.9. The maximum Gasteiger partial charge on any atom is 0.246 e. The van der Waals surface area contributed by atoms with Crippen LogP contribution in [-0.4, -0.2) is 56.8 Å². The summed E-state index contributed by atoms with van der Waals surface area (Å²) in [5.74, 6) is 0.632. The molecule has 1 saturated heterocycles. The summed E-state index contributed by atoms with van der Waals surface area (Å²) < 4.78 is 32.9. The Hall–Kier alpha value is -2.64. The fourth-order valence-corrected chi connectivity index (χ4v) is 4.92. The lowest BCUT2D eigenvalue weighted by molar-refractivity contribution is -0.125. The van der Waals surface area contributed by atoms with Gasteiger partial charge < -0.3 is 9.64 Å². The van der Waals surface area contributed by atoms with Crippen molar-refractivity contribution in [1.29, 1.82) is 0 Å². The second kappa shape index (κ2) is 11.1. The lowest BCUT2D eigenvalue weighted by atomic mass is 10.2. The molecule has 1 amide bonds. The highest BCUT2D eigenvalue weighted by Gasteiger charge is 2.24. The number of likely N-dealkylation sites (N-methyl/N-ethyl adjacent to an activating group) is 1. The van der Waals surface area contributed by atoms with Crippen LogP contribution in [0.15, 0.2) is 65.6 Å². The number of nitrogens with zero attached hydrogens (tertiary/aromatic N) is 2. The Morgan fingerprint density at radius 1 is 1.00 bits per heavy atom. The normalized spacial score (nSPS) is 15.5. The monoisotopic (exact) mass is 442 g/mol. The Labute approximate surface area is 185 Å². The zero-order chi connectivity index (χ0) is 22.1. The number of carbonyl (C=O) groups excluding carboxylic acids is 1. The van der Waals surface area contributed by atoms with E-state index < -0.39 is 10.0 Å². The molecule has 0 atom stereocenters. The molecule has 2 aromatic rings. The van der Waals surface area contributed by atoms with Crippen LogP contribution in [-0.2, 0) is 14.8 Å².